The van der Waals surface area contributed by atoms with E-state index >= 15 is 0 Å². The van der Waals surface area contributed by atoms with E-state index in [4.69, 9.17) is 4.42 Å². The van der Waals surface area contributed by atoms with E-state index in [1.54, 1.807) is 11.3 Å². The van der Waals surface area contributed by atoms with Gasteiger partial charge in [0, 0.05) is 23.4 Å². The van der Waals surface area contributed by atoms with E-state index in [1.165, 1.54) is 4.88 Å². The predicted molar refractivity (Wildman–Crippen MR) is 80.3 cm³/mol. The molecule has 104 valence electrons. The van der Waals surface area contributed by atoms with Crippen molar-refractivity contribution >= 4 is 22.4 Å². The first-order valence-corrected chi connectivity index (χ1v) is 7.23. The average molecular weight is 289 g/mol. The highest BCUT2D eigenvalue weighted by molar-refractivity contribution is 7.12. The zero-order chi connectivity index (χ0) is 14.1. The van der Waals surface area contributed by atoms with Gasteiger partial charge in [0.2, 0.25) is 0 Å². The summed E-state index contributed by atoms with van der Waals surface area (Å²) in [5, 5.41) is 4.24. The van der Waals surface area contributed by atoms with E-state index in [2.05, 4.69) is 22.2 Å². The van der Waals surface area contributed by atoms with Crippen molar-refractivity contribution in [2.24, 2.45) is 0 Å². The summed E-state index contributed by atoms with van der Waals surface area (Å²) in [5.74, 6) is -0.429. The Kier molecular flexibility index (Phi) is 3.42. The lowest BCUT2D eigenvalue weighted by Crippen LogP contribution is -2.09. The van der Waals surface area contributed by atoms with Gasteiger partial charge in [0.1, 0.15) is 0 Å². The summed E-state index contributed by atoms with van der Waals surface area (Å²) in [5.41, 5.74) is 3.22. The van der Waals surface area contributed by atoms with Crippen molar-refractivity contribution in [2.45, 2.75) is 13.3 Å². The molecule has 0 fully saturated rings. The van der Waals surface area contributed by atoms with Crippen LogP contribution in [0.15, 0.2) is 27.4 Å². The van der Waals surface area contributed by atoms with Crippen LogP contribution >= 0.6 is 11.3 Å². The van der Waals surface area contributed by atoms with E-state index in [9.17, 15) is 4.79 Å². The number of aromatic amines is 1. The maximum absolute atomic E-state index is 11.2. The molecule has 0 aliphatic rings. The molecule has 1 aromatic carbocycles. The molecule has 0 atom stereocenters. The van der Waals surface area contributed by atoms with E-state index in [0.29, 0.717) is 11.1 Å². The van der Waals surface area contributed by atoms with Gasteiger partial charge in [0.15, 0.2) is 5.58 Å². The number of hydrogen-bond acceptors (Lipinski definition) is 5. The van der Waals surface area contributed by atoms with Gasteiger partial charge in [-0.3, -0.25) is 4.98 Å². The summed E-state index contributed by atoms with van der Waals surface area (Å²) >= 11 is 1.71. The first kappa shape index (κ1) is 13.1. The number of aryl methyl sites for hydroxylation is 1. The molecule has 0 saturated heterocycles. The quantitative estimate of drug-likeness (QED) is 0.773. The number of hydrogen-bond donors (Lipinski definition) is 2. The standard InChI is InChI=1S/C14H15N3O2S/c1-8-13(17-12(20-8)5-6-15-2)9-3-4-10-11(7-9)19-14(18)16-10/h3-4,7,15H,5-6H2,1-2H3,(H,16,18). The van der Waals surface area contributed by atoms with Crippen molar-refractivity contribution in [1.29, 1.82) is 0 Å². The summed E-state index contributed by atoms with van der Waals surface area (Å²) < 4.78 is 5.10. The van der Waals surface area contributed by atoms with Crippen LogP contribution in [0.2, 0.25) is 0 Å². The molecule has 0 unspecified atom stereocenters. The van der Waals surface area contributed by atoms with Gasteiger partial charge in [0.25, 0.3) is 0 Å². The first-order valence-electron chi connectivity index (χ1n) is 6.41. The topological polar surface area (TPSA) is 70.9 Å². The van der Waals surface area contributed by atoms with Crippen molar-refractivity contribution in [1.82, 2.24) is 15.3 Å². The second kappa shape index (κ2) is 5.22. The third-order valence-electron chi connectivity index (χ3n) is 3.12. The molecule has 2 N–H and O–H groups in total. The number of benzene rings is 1. The van der Waals surface area contributed by atoms with Gasteiger partial charge >= 0.3 is 5.76 Å². The van der Waals surface area contributed by atoms with Gasteiger partial charge in [-0.25, -0.2) is 9.78 Å². The van der Waals surface area contributed by atoms with Gasteiger partial charge in [-0.15, -0.1) is 11.3 Å². The molecule has 6 heteroatoms. The maximum atomic E-state index is 11.2. The van der Waals surface area contributed by atoms with Crippen LogP contribution < -0.4 is 11.1 Å². The number of fused-ring (bicyclic) bond motifs is 1. The Labute approximate surface area is 119 Å². The number of oxazole rings is 1. The van der Waals surface area contributed by atoms with Crippen LogP contribution in [0.4, 0.5) is 0 Å². The Hall–Kier alpha value is -1.92. The molecule has 0 aliphatic heterocycles. The lowest BCUT2D eigenvalue weighted by Gasteiger charge is -1.98. The number of nitrogens with zero attached hydrogens (tertiary/aromatic N) is 1. The van der Waals surface area contributed by atoms with E-state index in [1.807, 2.05) is 25.2 Å². The molecule has 2 aromatic heterocycles. The van der Waals surface area contributed by atoms with Crippen molar-refractivity contribution < 1.29 is 4.42 Å². The molecule has 3 aromatic rings. The van der Waals surface area contributed by atoms with Crippen molar-refractivity contribution in [3.63, 3.8) is 0 Å². The summed E-state index contributed by atoms with van der Waals surface area (Å²) in [6.45, 7) is 2.98. The molecule has 0 saturated carbocycles. The number of likely N-dealkylation sites (N-methyl/N-ethyl adjacent to an activating group) is 1. The monoisotopic (exact) mass is 289 g/mol. The highest BCUT2D eigenvalue weighted by atomic mass is 32.1. The normalized spacial score (nSPS) is 11.3. The van der Waals surface area contributed by atoms with Crippen LogP contribution in [-0.4, -0.2) is 23.6 Å². The zero-order valence-corrected chi connectivity index (χ0v) is 12.1. The molecular weight excluding hydrogens is 274 g/mol. The van der Waals surface area contributed by atoms with Crippen LogP contribution in [0.25, 0.3) is 22.4 Å². The third kappa shape index (κ3) is 2.39. The second-order valence-electron chi connectivity index (χ2n) is 4.59. The molecule has 5 nitrogen and oxygen atoms in total. The van der Waals surface area contributed by atoms with Gasteiger partial charge in [-0.05, 0) is 26.1 Å². The van der Waals surface area contributed by atoms with Gasteiger partial charge in [-0.2, -0.15) is 0 Å². The van der Waals surface area contributed by atoms with Crippen LogP contribution in [-0.2, 0) is 6.42 Å². The van der Waals surface area contributed by atoms with Crippen LogP contribution in [0, 0.1) is 6.92 Å². The van der Waals surface area contributed by atoms with Gasteiger partial charge < -0.3 is 9.73 Å². The number of nitrogens with one attached hydrogen (secondary N) is 2. The lowest BCUT2D eigenvalue weighted by atomic mass is 10.1. The van der Waals surface area contributed by atoms with Gasteiger partial charge in [0.05, 0.1) is 16.2 Å². The molecule has 0 spiro atoms. The average Bonchev–Trinajstić information content (AvgIpc) is 2.97. The Morgan fingerprint density at radius 2 is 2.30 bits per heavy atom. The Morgan fingerprint density at radius 1 is 1.45 bits per heavy atom. The number of rotatable bonds is 4. The fraction of sp³-hybridized carbons (Fsp3) is 0.286. The molecule has 3 rings (SSSR count). The highest BCUT2D eigenvalue weighted by Crippen LogP contribution is 2.29. The minimum atomic E-state index is -0.429. The number of aromatic nitrogens is 2. The first-order chi connectivity index (χ1) is 9.67. The van der Waals surface area contributed by atoms with Crippen LogP contribution in [0.1, 0.15) is 9.88 Å². The molecule has 0 amide bonds. The molecule has 0 radical (unpaired) electrons. The highest BCUT2D eigenvalue weighted by Gasteiger charge is 2.11. The summed E-state index contributed by atoms with van der Waals surface area (Å²) in [6, 6.07) is 5.66. The fourth-order valence-corrected chi connectivity index (χ4v) is 3.11. The molecule has 0 aliphatic carbocycles. The van der Waals surface area contributed by atoms with Crippen LogP contribution in [0.5, 0.6) is 0 Å². The minimum Gasteiger partial charge on any atom is -0.408 e. The van der Waals surface area contributed by atoms with E-state index in [-0.39, 0.29) is 0 Å². The lowest BCUT2D eigenvalue weighted by molar-refractivity contribution is 0.555. The molecule has 2 heterocycles. The number of thiazole rings is 1. The summed E-state index contributed by atoms with van der Waals surface area (Å²) in [4.78, 5) is 19.7. The summed E-state index contributed by atoms with van der Waals surface area (Å²) in [7, 11) is 1.93. The van der Waals surface area contributed by atoms with E-state index in [0.717, 1.165) is 29.2 Å². The Morgan fingerprint density at radius 3 is 3.10 bits per heavy atom. The van der Waals surface area contributed by atoms with Crippen molar-refractivity contribution in [3.05, 3.63) is 38.6 Å². The predicted octanol–water partition coefficient (Wildman–Crippen LogP) is 2.31. The Bertz CT molecular complexity index is 800. The van der Waals surface area contributed by atoms with Gasteiger partial charge in [-0.1, -0.05) is 6.07 Å². The second-order valence-corrected chi connectivity index (χ2v) is 5.88. The maximum Gasteiger partial charge on any atom is 0.417 e. The van der Waals surface area contributed by atoms with E-state index < -0.39 is 5.76 Å². The smallest absolute Gasteiger partial charge is 0.408 e. The summed E-state index contributed by atoms with van der Waals surface area (Å²) in [6.07, 6.45) is 0.920. The number of H-pyrrole nitrogens is 1. The molecule has 0 bridgehead atoms. The third-order valence-corrected chi connectivity index (χ3v) is 4.15. The Balaban J connectivity index is 2.01. The molecule has 20 heavy (non-hydrogen) atoms. The van der Waals surface area contributed by atoms with Crippen molar-refractivity contribution in [3.8, 4) is 11.3 Å². The van der Waals surface area contributed by atoms with Crippen molar-refractivity contribution in [2.75, 3.05) is 13.6 Å². The largest absolute Gasteiger partial charge is 0.417 e. The van der Waals surface area contributed by atoms with Crippen LogP contribution in [0.3, 0.4) is 0 Å². The minimum absolute atomic E-state index is 0.429. The zero-order valence-electron chi connectivity index (χ0n) is 11.3. The SMILES string of the molecule is CNCCc1nc(-c2ccc3[nH]c(=O)oc3c2)c(C)s1. The molecular formula is C14H15N3O2S. The fourth-order valence-electron chi connectivity index (χ4n) is 2.15.